The molecule has 118 valence electrons. The second-order valence-electron chi connectivity index (χ2n) is 5.91. The lowest BCUT2D eigenvalue weighted by Gasteiger charge is -2.28. The predicted octanol–water partition coefficient (Wildman–Crippen LogP) is 4.04. The molecular formula is C16H28N4S. The largest absolute Gasteiger partial charge is 0.370 e. The standard InChI is InChI=1S/C16H28N4S/c1-4-10-17-14-11-15(19-16(18-14)21-3)20(2)12-13-8-6-5-7-9-13/h11,13H,4-10,12H2,1-3H3,(H,17,18,19). The number of hydrogen-bond donors (Lipinski definition) is 1. The van der Waals surface area contributed by atoms with Gasteiger partial charge in [0.2, 0.25) is 0 Å². The van der Waals surface area contributed by atoms with Crippen molar-refractivity contribution in [3.63, 3.8) is 0 Å². The van der Waals surface area contributed by atoms with E-state index in [1.807, 2.05) is 6.26 Å². The normalized spacial score (nSPS) is 16.0. The Morgan fingerprint density at radius 3 is 2.71 bits per heavy atom. The fraction of sp³-hybridized carbons (Fsp3) is 0.750. The average molecular weight is 308 g/mol. The van der Waals surface area contributed by atoms with Crippen molar-refractivity contribution in [3.8, 4) is 0 Å². The van der Waals surface area contributed by atoms with Crippen LogP contribution < -0.4 is 10.2 Å². The molecule has 0 atom stereocenters. The van der Waals surface area contributed by atoms with Gasteiger partial charge in [-0.3, -0.25) is 0 Å². The molecule has 2 rings (SSSR count). The van der Waals surface area contributed by atoms with Crippen molar-refractivity contribution < 1.29 is 0 Å². The van der Waals surface area contributed by atoms with Gasteiger partial charge in [0.1, 0.15) is 11.6 Å². The molecule has 0 aliphatic heterocycles. The molecule has 0 saturated heterocycles. The van der Waals surface area contributed by atoms with Gasteiger partial charge < -0.3 is 10.2 Å². The highest BCUT2D eigenvalue weighted by molar-refractivity contribution is 7.98. The van der Waals surface area contributed by atoms with Gasteiger partial charge in [0.05, 0.1) is 0 Å². The Balaban J connectivity index is 2.05. The van der Waals surface area contributed by atoms with Crippen LogP contribution in [0, 0.1) is 5.92 Å². The van der Waals surface area contributed by atoms with E-state index in [1.165, 1.54) is 32.1 Å². The van der Waals surface area contributed by atoms with Crippen molar-refractivity contribution in [1.29, 1.82) is 0 Å². The molecule has 1 fully saturated rings. The van der Waals surface area contributed by atoms with Crippen LogP contribution in [0.25, 0.3) is 0 Å². The quantitative estimate of drug-likeness (QED) is 0.608. The minimum absolute atomic E-state index is 0.823. The molecule has 1 heterocycles. The summed E-state index contributed by atoms with van der Waals surface area (Å²) in [6.45, 7) is 4.23. The maximum atomic E-state index is 4.66. The second kappa shape index (κ2) is 8.47. The maximum Gasteiger partial charge on any atom is 0.191 e. The van der Waals surface area contributed by atoms with E-state index in [9.17, 15) is 0 Å². The van der Waals surface area contributed by atoms with Crippen LogP contribution >= 0.6 is 11.8 Å². The molecular weight excluding hydrogens is 280 g/mol. The summed E-state index contributed by atoms with van der Waals surface area (Å²) in [7, 11) is 2.16. The molecule has 0 radical (unpaired) electrons. The van der Waals surface area contributed by atoms with Crippen LogP contribution in [0.5, 0.6) is 0 Å². The minimum Gasteiger partial charge on any atom is -0.370 e. The van der Waals surface area contributed by atoms with Crippen LogP contribution in [0.3, 0.4) is 0 Å². The Morgan fingerprint density at radius 2 is 2.05 bits per heavy atom. The van der Waals surface area contributed by atoms with Crippen molar-refractivity contribution in [3.05, 3.63) is 6.07 Å². The van der Waals surface area contributed by atoms with E-state index in [-0.39, 0.29) is 0 Å². The van der Waals surface area contributed by atoms with E-state index < -0.39 is 0 Å². The van der Waals surface area contributed by atoms with Gasteiger partial charge in [-0.1, -0.05) is 37.9 Å². The van der Waals surface area contributed by atoms with E-state index in [0.717, 1.165) is 42.2 Å². The van der Waals surface area contributed by atoms with Crippen LogP contribution in [0.2, 0.25) is 0 Å². The van der Waals surface area contributed by atoms with Gasteiger partial charge >= 0.3 is 0 Å². The van der Waals surface area contributed by atoms with E-state index in [0.29, 0.717) is 0 Å². The summed E-state index contributed by atoms with van der Waals surface area (Å²) in [5, 5.41) is 4.23. The summed E-state index contributed by atoms with van der Waals surface area (Å²) in [5.41, 5.74) is 0. The summed E-state index contributed by atoms with van der Waals surface area (Å²) < 4.78 is 0. The van der Waals surface area contributed by atoms with Gasteiger partial charge in [-0.2, -0.15) is 0 Å². The van der Waals surface area contributed by atoms with Crippen molar-refractivity contribution in [2.75, 3.05) is 36.6 Å². The zero-order valence-electron chi connectivity index (χ0n) is 13.6. The highest BCUT2D eigenvalue weighted by atomic mass is 32.2. The molecule has 0 bridgehead atoms. The Hall–Kier alpha value is -0.970. The number of thioether (sulfide) groups is 1. The fourth-order valence-corrected chi connectivity index (χ4v) is 3.27. The summed E-state index contributed by atoms with van der Waals surface area (Å²) in [6, 6.07) is 2.08. The van der Waals surface area contributed by atoms with Crippen molar-refractivity contribution in [2.24, 2.45) is 5.92 Å². The van der Waals surface area contributed by atoms with E-state index in [2.05, 4.69) is 40.2 Å². The van der Waals surface area contributed by atoms with Gasteiger partial charge in [0.15, 0.2) is 5.16 Å². The number of hydrogen-bond acceptors (Lipinski definition) is 5. The third-order valence-electron chi connectivity index (χ3n) is 4.08. The molecule has 1 aliphatic rings. The first-order valence-corrected chi connectivity index (χ1v) is 9.33. The molecule has 1 saturated carbocycles. The summed E-state index contributed by atoms with van der Waals surface area (Å²) in [6.07, 6.45) is 10.1. The first-order chi connectivity index (χ1) is 10.2. The number of rotatable bonds is 7. The van der Waals surface area contributed by atoms with Crippen LogP contribution in [0.1, 0.15) is 45.4 Å². The Bertz CT molecular complexity index is 432. The van der Waals surface area contributed by atoms with Crippen molar-refractivity contribution in [2.45, 2.75) is 50.6 Å². The number of aromatic nitrogens is 2. The van der Waals surface area contributed by atoms with Crippen LogP contribution in [-0.4, -0.2) is 36.4 Å². The van der Waals surface area contributed by atoms with E-state index in [4.69, 9.17) is 0 Å². The van der Waals surface area contributed by atoms with Gasteiger partial charge in [0, 0.05) is 26.2 Å². The molecule has 0 unspecified atom stereocenters. The predicted molar refractivity (Wildman–Crippen MR) is 92.4 cm³/mol. The number of nitrogens with one attached hydrogen (secondary N) is 1. The molecule has 1 aliphatic carbocycles. The van der Waals surface area contributed by atoms with Crippen LogP contribution in [-0.2, 0) is 0 Å². The lowest BCUT2D eigenvalue weighted by Crippen LogP contribution is -2.27. The molecule has 1 aromatic rings. The van der Waals surface area contributed by atoms with Gasteiger partial charge in [0.25, 0.3) is 0 Å². The highest BCUT2D eigenvalue weighted by Crippen LogP contribution is 2.26. The molecule has 0 spiro atoms. The van der Waals surface area contributed by atoms with Gasteiger partial charge in [-0.05, 0) is 31.4 Å². The minimum atomic E-state index is 0.823. The Labute approximate surface area is 133 Å². The molecule has 21 heavy (non-hydrogen) atoms. The zero-order valence-corrected chi connectivity index (χ0v) is 14.4. The molecule has 0 aromatic carbocycles. The van der Waals surface area contributed by atoms with Crippen molar-refractivity contribution >= 4 is 23.4 Å². The first-order valence-electron chi connectivity index (χ1n) is 8.11. The second-order valence-corrected chi connectivity index (χ2v) is 6.68. The van der Waals surface area contributed by atoms with Gasteiger partial charge in [-0.25, -0.2) is 9.97 Å². The summed E-state index contributed by atoms with van der Waals surface area (Å²) in [4.78, 5) is 11.5. The van der Waals surface area contributed by atoms with Crippen molar-refractivity contribution in [1.82, 2.24) is 9.97 Å². The van der Waals surface area contributed by atoms with E-state index >= 15 is 0 Å². The third-order valence-corrected chi connectivity index (χ3v) is 4.63. The number of nitrogens with zero attached hydrogens (tertiary/aromatic N) is 3. The molecule has 4 nitrogen and oxygen atoms in total. The lowest BCUT2D eigenvalue weighted by atomic mass is 9.89. The summed E-state index contributed by atoms with van der Waals surface area (Å²) >= 11 is 1.61. The molecule has 1 N–H and O–H groups in total. The average Bonchev–Trinajstić information content (AvgIpc) is 2.53. The zero-order chi connectivity index (χ0) is 15.1. The molecule has 1 aromatic heterocycles. The topological polar surface area (TPSA) is 41.0 Å². The Morgan fingerprint density at radius 1 is 1.29 bits per heavy atom. The molecule has 5 heteroatoms. The highest BCUT2D eigenvalue weighted by Gasteiger charge is 2.17. The van der Waals surface area contributed by atoms with Gasteiger partial charge in [-0.15, -0.1) is 0 Å². The fourth-order valence-electron chi connectivity index (χ4n) is 2.89. The smallest absolute Gasteiger partial charge is 0.191 e. The maximum absolute atomic E-state index is 4.66. The Kier molecular flexibility index (Phi) is 6.61. The summed E-state index contributed by atoms with van der Waals surface area (Å²) in [5.74, 6) is 2.81. The third kappa shape index (κ3) is 5.06. The van der Waals surface area contributed by atoms with Crippen LogP contribution in [0.4, 0.5) is 11.6 Å². The first kappa shape index (κ1) is 16.4. The monoisotopic (exact) mass is 308 g/mol. The lowest BCUT2D eigenvalue weighted by molar-refractivity contribution is 0.361. The van der Waals surface area contributed by atoms with Crippen LogP contribution in [0.15, 0.2) is 11.2 Å². The van der Waals surface area contributed by atoms with E-state index in [1.54, 1.807) is 11.8 Å². The number of anilines is 2. The SMILES string of the molecule is CCCNc1cc(N(C)CC2CCCCC2)nc(SC)n1. The molecule has 0 amide bonds.